The summed E-state index contributed by atoms with van der Waals surface area (Å²) in [6.45, 7) is 4.28. The molecule has 5 rings (SSSR count). The van der Waals surface area contributed by atoms with E-state index in [1.807, 2.05) is 73.3 Å². The fourth-order valence-electron chi connectivity index (χ4n) is 5.01. The van der Waals surface area contributed by atoms with Crippen LogP contribution < -0.4 is 15.0 Å². The summed E-state index contributed by atoms with van der Waals surface area (Å²) in [6, 6.07) is 20.6. The summed E-state index contributed by atoms with van der Waals surface area (Å²) in [4.78, 5) is 29.2. The van der Waals surface area contributed by atoms with Gasteiger partial charge in [0.05, 0.1) is 31.7 Å². The van der Waals surface area contributed by atoms with Crippen LogP contribution >= 0.6 is 0 Å². The zero-order valence-electron chi connectivity index (χ0n) is 20.9. The normalized spacial score (nSPS) is 15.1. The smallest absolute Gasteiger partial charge is 0.275 e. The molecule has 7 heteroatoms. The average molecular weight is 484 g/mol. The molecule has 3 aromatic carbocycles. The summed E-state index contributed by atoms with van der Waals surface area (Å²) in [5, 5.41) is 5.64. The molecular formula is C29H29N3O4. The third-order valence-electron chi connectivity index (χ3n) is 6.77. The average Bonchev–Trinajstić information content (AvgIpc) is 2.91. The molecule has 184 valence electrons. The van der Waals surface area contributed by atoms with E-state index in [9.17, 15) is 9.59 Å². The summed E-state index contributed by atoms with van der Waals surface area (Å²) < 4.78 is 12.5. The van der Waals surface area contributed by atoms with E-state index in [1.54, 1.807) is 26.4 Å². The van der Waals surface area contributed by atoms with Gasteiger partial charge in [-0.05, 0) is 55.2 Å². The monoisotopic (exact) mass is 483 g/mol. The molecule has 0 spiro atoms. The zero-order valence-corrected chi connectivity index (χ0v) is 20.9. The van der Waals surface area contributed by atoms with Crippen LogP contribution in [0.5, 0.6) is 11.5 Å². The van der Waals surface area contributed by atoms with Crippen LogP contribution in [-0.2, 0) is 6.42 Å². The van der Waals surface area contributed by atoms with Gasteiger partial charge in [-0.3, -0.25) is 9.59 Å². The molecule has 1 aromatic heterocycles. The fraction of sp³-hybridized carbons (Fsp3) is 0.276. The lowest BCUT2D eigenvalue weighted by Gasteiger charge is -2.38. The molecule has 0 aliphatic carbocycles. The Bertz CT molecular complexity index is 1490. The minimum Gasteiger partial charge on any atom is -0.493 e. The molecule has 0 N–H and O–H groups in total. The minimum atomic E-state index is -0.345. The van der Waals surface area contributed by atoms with Crippen molar-refractivity contribution in [3.63, 3.8) is 0 Å². The molecule has 1 aliphatic heterocycles. The fourth-order valence-corrected chi connectivity index (χ4v) is 5.01. The molecule has 1 unspecified atom stereocenters. The molecule has 1 aliphatic rings. The lowest BCUT2D eigenvalue weighted by atomic mass is 9.87. The van der Waals surface area contributed by atoms with Crippen LogP contribution in [0.1, 0.15) is 53.1 Å². The van der Waals surface area contributed by atoms with Crippen LogP contribution in [-0.4, -0.2) is 41.4 Å². The Morgan fingerprint density at radius 3 is 2.25 bits per heavy atom. The maximum Gasteiger partial charge on any atom is 0.275 e. The second-order valence-corrected chi connectivity index (χ2v) is 9.21. The molecule has 0 fully saturated rings. The van der Waals surface area contributed by atoms with Crippen LogP contribution in [0.3, 0.4) is 0 Å². The van der Waals surface area contributed by atoms with Crippen LogP contribution in [0, 0.1) is 0 Å². The van der Waals surface area contributed by atoms with Crippen molar-refractivity contribution < 1.29 is 14.3 Å². The van der Waals surface area contributed by atoms with Crippen molar-refractivity contribution in [2.45, 2.75) is 32.4 Å². The van der Waals surface area contributed by atoms with Gasteiger partial charge in [0.2, 0.25) is 0 Å². The standard InChI is InChI=1S/C29H29N3O4/c1-18(2)32-28(33)22-13-9-8-12-21(22)26(30-32)29(34)31-15-14-20-16-24(35-3)25(36-4)17-23(20)27(31)19-10-6-5-7-11-19/h5-13,16-18,27H,14-15H2,1-4H3. The highest BCUT2D eigenvalue weighted by Crippen LogP contribution is 2.41. The molecule has 0 saturated carbocycles. The topological polar surface area (TPSA) is 73.7 Å². The van der Waals surface area contributed by atoms with Crippen LogP contribution in [0.2, 0.25) is 0 Å². The second kappa shape index (κ2) is 9.49. The molecular weight excluding hydrogens is 454 g/mol. The summed E-state index contributed by atoms with van der Waals surface area (Å²) >= 11 is 0. The van der Waals surface area contributed by atoms with Crippen molar-refractivity contribution in [3.05, 3.63) is 99.5 Å². The van der Waals surface area contributed by atoms with E-state index in [-0.39, 0.29) is 29.2 Å². The predicted molar refractivity (Wildman–Crippen MR) is 139 cm³/mol. The molecule has 0 saturated heterocycles. The first-order chi connectivity index (χ1) is 17.4. The first-order valence-electron chi connectivity index (χ1n) is 12.1. The number of carbonyl (C=O) groups is 1. The molecule has 2 heterocycles. The number of methoxy groups -OCH3 is 2. The molecule has 1 amide bonds. The highest BCUT2D eigenvalue weighted by molar-refractivity contribution is 6.05. The molecule has 0 bridgehead atoms. The van der Waals surface area contributed by atoms with Gasteiger partial charge >= 0.3 is 0 Å². The summed E-state index contributed by atoms with van der Waals surface area (Å²) in [6.07, 6.45) is 0.659. The number of nitrogens with zero attached hydrogens (tertiary/aromatic N) is 3. The predicted octanol–water partition coefficient (Wildman–Crippen LogP) is 4.78. The highest BCUT2D eigenvalue weighted by Gasteiger charge is 2.35. The largest absolute Gasteiger partial charge is 0.493 e. The first kappa shape index (κ1) is 23.6. The van der Waals surface area contributed by atoms with E-state index in [4.69, 9.17) is 9.47 Å². The van der Waals surface area contributed by atoms with Crippen molar-refractivity contribution in [2.75, 3.05) is 20.8 Å². The number of carbonyl (C=O) groups excluding carboxylic acids is 1. The van der Waals surface area contributed by atoms with E-state index in [1.165, 1.54) is 4.68 Å². The van der Waals surface area contributed by atoms with Gasteiger partial charge in [-0.25, -0.2) is 4.68 Å². The van der Waals surface area contributed by atoms with Crippen molar-refractivity contribution in [2.24, 2.45) is 0 Å². The van der Waals surface area contributed by atoms with Crippen molar-refractivity contribution >= 4 is 16.7 Å². The van der Waals surface area contributed by atoms with Crippen molar-refractivity contribution in [1.29, 1.82) is 0 Å². The SMILES string of the molecule is COc1cc2c(cc1OC)C(c1ccccc1)N(C(=O)c1nn(C(C)C)c(=O)c3ccccc13)CC2. The number of amides is 1. The van der Waals surface area contributed by atoms with Crippen molar-refractivity contribution in [3.8, 4) is 11.5 Å². The summed E-state index contributed by atoms with van der Waals surface area (Å²) in [5.41, 5.74) is 3.16. The van der Waals surface area contributed by atoms with Gasteiger partial charge in [0, 0.05) is 11.9 Å². The molecule has 7 nitrogen and oxygen atoms in total. The zero-order chi connectivity index (χ0) is 25.4. The summed E-state index contributed by atoms with van der Waals surface area (Å²) in [5.74, 6) is 1.07. The number of hydrogen-bond acceptors (Lipinski definition) is 5. The Balaban J connectivity index is 1.71. The second-order valence-electron chi connectivity index (χ2n) is 9.21. The van der Waals surface area contributed by atoms with Gasteiger partial charge in [-0.15, -0.1) is 0 Å². The first-order valence-corrected chi connectivity index (χ1v) is 12.1. The summed E-state index contributed by atoms with van der Waals surface area (Å²) in [7, 11) is 3.23. The van der Waals surface area contributed by atoms with Gasteiger partial charge in [-0.1, -0.05) is 48.5 Å². The quantitative estimate of drug-likeness (QED) is 0.408. The molecule has 36 heavy (non-hydrogen) atoms. The van der Waals surface area contributed by atoms with Gasteiger partial charge in [-0.2, -0.15) is 5.10 Å². The Morgan fingerprint density at radius 2 is 1.58 bits per heavy atom. The minimum absolute atomic E-state index is 0.183. The lowest BCUT2D eigenvalue weighted by Crippen LogP contribution is -2.42. The van der Waals surface area contributed by atoms with E-state index in [0.717, 1.165) is 16.7 Å². The van der Waals surface area contributed by atoms with Crippen LogP contribution in [0.4, 0.5) is 0 Å². The Hall–Kier alpha value is -4.13. The highest BCUT2D eigenvalue weighted by atomic mass is 16.5. The number of hydrogen-bond donors (Lipinski definition) is 0. The molecule has 0 radical (unpaired) electrons. The molecule has 1 atom stereocenters. The van der Waals surface area contributed by atoms with E-state index in [0.29, 0.717) is 35.2 Å². The maximum atomic E-state index is 14.3. The van der Waals surface area contributed by atoms with Crippen LogP contribution in [0.25, 0.3) is 10.8 Å². The van der Waals surface area contributed by atoms with Gasteiger partial charge in [0.15, 0.2) is 17.2 Å². The number of fused-ring (bicyclic) bond motifs is 2. The van der Waals surface area contributed by atoms with Crippen molar-refractivity contribution in [1.82, 2.24) is 14.7 Å². The van der Waals surface area contributed by atoms with Gasteiger partial charge in [0.1, 0.15) is 0 Å². The number of ether oxygens (including phenoxy) is 2. The number of rotatable bonds is 5. The van der Waals surface area contributed by atoms with E-state index >= 15 is 0 Å². The Labute approximate surface area is 209 Å². The maximum absolute atomic E-state index is 14.3. The van der Waals surface area contributed by atoms with E-state index in [2.05, 4.69) is 5.10 Å². The third kappa shape index (κ3) is 3.90. The van der Waals surface area contributed by atoms with Crippen LogP contribution in [0.15, 0.2) is 71.5 Å². The van der Waals surface area contributed by atoms with Gasteiger partial charge < -0.3 is 14.4 Å². The number of aromatic nitrogens is 2. The molecule has 4 aromatic rings. The Kier molecular flexibility index (Phi) is 6.22. The van der Waals surface area contributed by atoms with Gasteiger partial charge in [0.25, 0.3) is 11.5 Å². The number of benzene rings is 3. The Morgan fingerprint density at radius 1 is 0.944 bits per heavy atom. The third-order valence-corrected chi connectivity index (χ3v) is 6.77. The lowest BCUT2D eigenvalue weighted by molar-refractivity contribution is 0.0687. The van der Waals surface area contributed by atoms with E-state index < -0.39 is 0 Å².